The van der Waals surface area contributed by atoms with Crippen LogP contribution in [0.5, 0.6) is 0 Å². The van der Waals surface area contributed by atoms with Crippen molar-refractivity contribution < 1.29 is 22.8 Å². The summed E-state index contributed by atoms with van der Waals surface area (Å²) in [6, 6.07) is 5.28. The first-order valence-electron chi connectivity index (χ1n) is 9.34. The molecule has 1 saturated heterocycles. The number of anilines is 1. The maximum Gasteiger partial charge on any atom is 0.454 e. The number of carbonyl (C=O) groups excluding carboxylic acids is 2. The Labute approximate surface area is 190 Å². The topological polar surface area (TPSA) is 62.3 Å². The molecule has 0 unspecified atom stereocenters. The van der Waals surface area contributed by atoms with Crippen LogP contribution in [-0.4, -0.2) is 40.8 Å². The molecule has 11 heteroatoms. The summed E-state index contributed by atoms with van der Waals surface area (Å²) in [5, 5.41) is 4.37. The number of hydrogen-bond acceptors (Lipinski definition) is 5. The van der Waals surface area contributed by atoms with Gasteiger partial charge in [-0.05, 0) is 36.6 Å². The van der Waals surface area contributed by atoms with Gasteiger partial charge in [0.1, 0.15) is 0 Å². The van der Waals surface area contributed by atoms with Crippen LogP contribution < -0.4 is 5.32 Å². The molecule has 1 aromatic carbocycles. The van der Waals surface area contributed by atoms with Crippen LogP contribution in [0.15, 0.2) is 36.7 Å². The van der Waals surface area contributed by atoms with Crippen molar-refractivity contribution in [2.45, 2.75) is 25.4 Å². The number of ketones is 1. The number of rotatable bonds is 6. The quantitative estimate of drug-likeness (QED) is 0.554. The van der Waals surface area contributed by atoms with Gasteiger partial charge in [0, 0.05) is 58.8 Å². The van der Waals surface area contributed by atoms with E-state index in [9.17, 15) is 22.8 Å². The molecule has 3 rings (SSSR count). The fourth-order valence-corrected chi connectivity index (χ4v) is 4.57. The molecule has 0 atom stereocenters. The molecule has 2 aromatic rings. The smallest absolute Gasteiger partial charge is 0.377 e. The lowest BCUT2D eigenvalue weighted by molar-refractivity contribution is -0.165. The summed E-state index contributed by atoms with van der Waals surface area (Å²) in [4.78, 5) is 30.2. The first-order valence-corrected chi connectivity index (χ1v) is 10.9. The maximum absolute atomic E-state index is 12.5. The number of alkyl halides is 3. The molecule has 1 aliphatic heterocycles. The second-order valence-electron chi connectivity index (χ2n) is 7.06. The standard InChI is InChI=1S/C20H18Cl2F3N3O2S/c21-14-7-12(8-15(22)10-14)9-16-11-26-19(31-16)27-18(30)13-1-4-28(5-2-13)6-3-17(29)20(23,24)25/h3,6-8,10-11,13H,1-2,4-5,9H2,(H,26,27,30)/b6-3+. The highest BCUT2D eigenvalue weighted by Gasteiger charge is 2.36. The number of amides is 1. The van der Waals surface area contributed by atoms with E-state index in [1.807, 2.05) is 12.1 Å². The Kier molecular flexibility index (Phi) is 7.61. The lowest BCUT2D eigenvalue weighted by Crippen LogP contribution is -2.35. The number of carbonyl (C=O) groups is 2. The van der Waals surface area contributed by atoms with Gasteiger partial charge in [-0.1, -0.05) is 23.2 Å². The van der Waals surface area contributed by atoms with Gasteiger partial charge < -0.3 is 10.2 Å². The SMILES string of the molecule is O=C(Nc1ncc(Cc2cc(Cl)cc(Cl)c2)s1)C1CCN(/C=C/C(=O)C(F)(F)F)CC1. The molecular weight excluding hydrogens is 474 g/mol. The van der Waals surface area contributed by atoms with Crippen LogP contribution in [0, 0.1) is 5.92 Å². The predicted octanol–water partition coefficient (Wildman–Crippen LogP) is 5.34. The number of allylic oxidation sites excluding steroid dienone is 1. The van der Waals surface area contributed by atoms with Crippen molar-refractivity contribution in [1.82, 2.24) is 9.88 Å². The van der Waals surface area contributed by atoms with E-state index < -0.39 is 12.0 Å². The summed E-state index contributed by atoms with van der Waals surface area (Å²) in [5.41, 5.74) is 0.934. The summed E-state index contributed by atoms with van der Waals surface area (Å²) < 4.78 is 36.7. The number of benzene rings is 1. The zero-order valence-corrected chi connectivity index (χ0v) is 18.4. The maximum atomic E-state index is 12.5. The molecule has 1 amide bonds. The molecule has 1 aliphatic rings. The van der Waals surface area contributed by atoms with E-state index in [-0.39, 0.29) is 11.8 Å². The van der Waals surface area contributed by atoms with Crippen LogP contribution >= 0.6 is 34.5 Å². The van der Waals surface area contributed by atoms with Crippen molar-refractivity contribution in [2.75, 3.05) is 18.4 Å². The van der Waals surface area contributed by atoms with E-state index in [2.05, 4.69) is 10.3 Å². The fourth-order valence-electron chi connectivity index (χ4n) is 3.15. The second-order valence-corrected chi connectivity index (χ2v) is 9.05. The highest BCUT2D eigenvalue weighted by atomic mass is 35.5. The average molecular weight is 492 g/mol. The van der Waals surface area contributed by atoms with Crippen molar-refractivity contribution in [2.24, 2.45) is 5.92 Å². The van der Waals surface area contributed by atoms with E-state index in [0.29, 0.717) is 53.6 Å². The number of aromatic nitrogens is 1. The number of hydrogen-bond donors (Lipinski definition) is 1. The van der Waals surface area contributed by atoms with E-state index in [1.165, 1.54) is 11.3 Å². The molecule has 1 aromatic heterocycles. The van der Waals surface area contributed by atoms with E-state index in [0.717, 1.165) is 16.6 Å². The Morgan fingerprint density at radius 3 is 2.45 bits per heavy atom. The Balaban J connectivity index is 1.49. The third-order valence-corrected chi connectivity index (χ3v) is 6.05. The minimum atomic E-state index is -4.87. The summed E-state index contributed by atoms with van der Waals surface area (Å²) in [6.45, 7) is 0.775. The first-order chi connectivity index (χ1) is 14.6. The lowest BCUT2D eigenvalue weighted by atomic mass is 9.96. The van der Waals surface area contributed by atoms with Crippen molar-refractivity contribution in [3.63, 3.8) is 0 Å². The Hall–Kier alpha value is -2.10. The van der Waals surface area contributed by atoms with Crippen molar-refractivity contribution in [3.05, 3.63) is 57.2 Å². The molecule has 0 saturated carbocycles. The number of likely N-dealkylation sites (tertiary alicyclic amines) is 1. The number of nitrogens with zero attached hydrogens (tertiary/aromatic N) is 2. The van der Waals surface area contributed by atoms with Gasteiger partial charge in [-0.25, -0.2) is 4.98 Å². The van der Waals surface area contributed by atoms with Crippen LogP contribution in [-0.2, 0) is 16.0 Å². The summed E-state index contributed by atoms with van der Waals surface area (Å²) in [7, 11) is 0. The largest absolute Gasteiger partial charge is 0.454 e. The van der Waals surface area contributed by atoms with Crippen LogP contribution in [0.1, 0.15) is 23.3 Å². The van der Waals surface area contributed by atoms with Crippen molar-refractivity contribution in [3.8, 4) is 0 Å². The molecule has 2 heterocycles. The van der Waals surface area contributed by atoms with Gasteiger partial charge in [0.15, 0.2) is 5.13 Å². The molecule has 166 valence electrons. The Bertz CT molecular complexity index is 966. The normalized spacial score (nSPS) is 15.5. The van der Waals surface area contributed by atoms with Crippen molar-refractivity contribution >= 4 is 51.4 Å². The van der Waals surface area contributed by atoms with Crippen LogP contribution in [0.2, 0.25) is 10.0 Å². The summed E-state index contributed by atoms with van der Waals surface area (Å²) >= 11 is 13.4. The minimum Gasteiger partial charge on any atom is -0.377 e. The molecular formula is C20H18Cl2F3N3O2S. The van der Waals surface area contributed by atoms with Crippen LogP contribution in [0.25, 0.3) is 0 Å². The highest BCUT2D eigenvalue weighted by molar-refractivity contribution is 7.15. The molecule has 0 aliphatic carbocycles. The fraction of sp³-hybridized carbons (Fsp3) is 0.350. The number of thiazole rings is 1. The van der Waals surface area contributed by atoms with Crippen LogP contribution in [0.4, 0.5) is 18.3 Å². The minimum absolute atomic E-state index is 0.179. The predicted molar refractivity (Wildman–Crippen MR) is 115 cm³/mol. The van der Waals surface area contributed by atoms with Gasteiger partial charge in [-0.3, -0.25) is 9.59 Å². The van der Waals surface area contributed by atoms with E-state index in [1.54, 1.807) is 17.2 Å². The van der Waals surface area contributed by atoms with Gasteiger partial charge in [0.25, 0.3) is 5.78 Å². The van der Waals surface area contributed by atoms with Crippen molar-refractivity contribution in [1.29, 1.82) is 0 Å². The van der Waals surface area contributed by atoms with E-state index in [4.69, 9.17) is 23.2 Å². The van der Waals surface area contributed by atoms with Gasteiger partial charge in [-0.2, -0.15) is 13.2 Å². The Morgan fingerprint density at radius 1 is 1.19 bits per heavy atom. The van der Waals surface area contributed by atoms with Gasteiger partial charge in [-0.15, -0.1) is 11.3 Å². The third-order valence-electron chi connectivity index (χ3n) is 4.70. The molecule has 31 heavy (non-hydrogen) atoms. The summed E-state index contributed by atoms with van der Waals surface area (Å²) in [6.07, 6.45) is -0.0232. The Morgan fingerprint density at radius 2 is 1.84 bits per heavy atom. The monoisotopic (exact) mass is 491 g/mol. The zero-order chi connectivity index (χ0) is 22.6. The molecule has 1 N–H and O–H groups in total. The van der Waals surface area contributed by atoms with Gasteiger partial charge in [0.2, 0.25) is 5.91 Å². The molecule has 0 bridgehead atoms. The number of piperidine rings is 1. The zero-order valence-electron chi connectivity index (χ0n) is 16.1. The third kappa shape index (κ3) is 6.95. The lowest BCUT2D eigenvalue weighted by Gasteiger charge is -2.30. The highest BCUT2D eigenvalue weighted by Crippen LogP contribution is 2.26. The molecule has 0 spiro atoms. The molecule has 1 fully saturated rings. The first kappa shape index (κ1) is 23.6. The number of halogens is 5. The molecule has 0 radical (unpaired) electrons. The second kappa shape index (κ2) is 10.0. The average Bonchev–Trinajstić information content (AvgIpc) is 3.11. The summed E-state index contributed by atoms with van der Waals surface area (Å²) in [5.74, 6) is -2.35. The molecule has 5 nitrogen and oxygen atoms in total. The van der Waals surface area contributed by atoms with Crippen LogP contribution in [0.3, 0.4) is 0 Å². The van der Waals surface area contributed by atoms with E-state index >= 15 is 0 Å². The van der Waals surface area contributed by atoms with Gasteiger partial charge >= 0.3 is 6.18 Å². The van der Waals surface area contributed by atoms with Gasteiger partial charge in [0.05, 0.1) is 0 Å². The number of nitrogens with one attached hydrogen (secondary N) is 1.